The van der Waals surface area contributed by atoms with Gasteiger partial charge in [0, 0.05) is 32.7 Å². The van der Waals surface area contributed by atoms with E-state index in [-0.39, 0.29) is 40.6 Å². The third-order valence-corrected chi connectivity index (χ3v) is 12.4. The van der Waals surface area contributed by atoms with E-state index in [4.69, 9.17) is 9.47 Å². The van der Waals surface area contributed by atoms with Crippen LogP contribution in [0.4, 0.5) is 0 Å². The van der Waals surface area contributed by atoms with Gasteiger partial charge in [-0.1, -0.05) is 39.3 Å². The number of amides is 1. The van der Waals surface area contributed by atoms with E-state index in [1.54, 1.807) is 12.5 Å². The van der Waals surface area contributed by atoms with Gasteiger partial charge in [-0.05, 0) is 91.8 Å². The SMILES string of the molecule is CC(=O)O[C@@H]1CC[C@@]2(C)C(=CC[C@@H]3[C@H]4C[C@@H]5O[C@]6(CC[C@H](C)CN6C(C)=O)[C@@H](C)[C@H]5[C@@]4(C)CC[C@H]32)C1. The molecule has 200 valence electrons. The zero-order valence-corrected chi connectivity index (χ0v) is 23.3. The van der Waals surface area contributed by atoms with Crippen LogP contribution in [0.1, 0.15) is 99.3 Å². The van der Waals surface area contributed by atoms with Crippen LogP contribution in [0.25, 0.3) is 0 Å². The van der Waals surface area contributed by atoms with E-state index in [1.165, 1.54) is 26.2 Å². The van der Waals surface area contributed by atoms with Gasteiger partial charge in [0.1, 0.15) is 11.8 Å². The Balaban J connectivity index is 1.26. The smallest absolute Gasteiger partial charge is 0.302 e. The maximum Gasteiger partial charge on any atom is 0.302 e. The molecule has 2 aliphatic heterocycles. The summed E-state index contributed by atoms with van der Waals surface area (Å²) in [6.07, 6.45) is 13.0. The van der Waals surface area contributed by atoms with Crippen LogP contribution in [-0.4, -0.2) is 41.3 Å². The van der Waals surface area contributed by atoms with Crippen molar-refractivity contribution in [3.63, 3.8) is 0 Å². The van der Waals surface area contributed by atoms with Crippen LogP contribution in [0, 0.1) is 46.3 Å². The summed E-state index contributed by atoms with van der Waals surface area (Å²) in [6, 6.07) is 0. The van der Waals surface area contributed by atoms with E-state index in [9.17, 15) is 9.59 Å². The molecule has 5 nitrogen and oxygen atoms in total. The van der Waals surface area contributed by atoms with Crippen LogP contribution in [0.15, 0.2) is 11.6 Å². The topological polar surface area (TPSA) is 55.8 Å². The van der Waals surface area contributed by atoms with Crippen molar-refractivity contribution in [1.82, 2.24) is 4.90 Å². The molecule has 0 aromatic heterocycles. The fourth-order valence-corrected chi connectivity index (χ4v) is 10.8. The van der Waals surface area contributed by atoms with Crippen LogP contribution < -0.4 is 0 Å². The molecule has 1 amide bonds. The Morgan fingerprint density at radius 1 is 1.06 bits per heavy atom. The van der Waals surface area contributed by atoms with Gasteiger partial charge >= 0.3 is 5.97 Å². The molecule has 36 heavy (non-hydrogen) atoms. The molecule has 6 rings (SSSR count). The lowest BCUT2D eigenvalue weighted by Gasteiger charge is -2.59. The molecule has 5 heteroatoms. The lowest BCUT2D eigenvalue weighted by molar-refractivity contribution is -0.200. The van der Waals surface area contributed by atoms with Crippen molar-refractivity contribution >= 4 is 11.9 Å². The van der Waals surface area contributed by atoms with E-state index in [0.29, 0.717) is 23.7 Å². The summed E-state index contributed by atoms with van der Waals surface area (Å²) in [5.41, 5.74) is 1.70. The average Bonchev–Trinajstić information content (AvgIpc) is 3.26. The number of hydrogen-bond acceptors (Lipinski definition) is 4. The summed E-state index contributed by atoms with van der Waals surface area (Å²) in [7, 11) is 0. The average molecular weight is 498 g/mol. The predicted octanol–water partition coefficient (Wildman–Crippen LogP) is 6.12. The molecule has 6 aliphatic rings. The summed E-state index contributed by atoms with van der Waals surface area (Å²) in [5.74, 6) is 3.64. The predicted molar refractivity (Wildman–Crippen MR) is 139 cm³/mol. The van der Waals surface area contributed by atoms with Crippen LogP contribution >= 0.6 is 0 Å². The molecule has 0 unspecified atom stereocenters. The quantitative estimate of drug-likeness (QED) is 0.324. The Morgan fingerprint density at radius 3 is 2.56 bits per heavy atom. The van der Waals surface area contributed by atoms with Crippen molar-refractivity contribution in [3.8, 4) is 0 Å². The maximum atomic E-state index is 12.8. The molecule has 2 heterocycles. The Morgan fingerprint density at radius 2 is 1.83 bits per heavy atom. The van der Waals surface area contributed by atoms with Crippen molar-refractivity contribution in [1.29, 1.82) is 0 Å². The molecule has 0 aromatic carbocycles. The minimum atomic E-state index is -0.390. The number of hydrogen-bond donors (Lipinski definition) is 0. The summed E-state index contributed by atoms with van der Waals surface area (Å²) in [6.45, 7) is 13.9. The molecule has 0 bridgehead atoms. The van der Waals surface area contributed by atoms with Gasteiger partial charge in [-0.15, -0.1) is 0 Å². The van der Waals surface area contributed by atoms with Crippen LogP contribution in [-0.2, 0) is 19.1 Å². The minimum Gasteiger partial charge on any atom is -0.462 e. The number of piperidine rings is 1. The summed E-state index contributed by atoms with van der Waals surface area (Å²) in [4.78, 5) is 26.5. The molecule has 3 saturated carbocycles. The van der Waals surface area contributed by atoms with Crippen molar-refractivity contribution in [3.05, 3.63) is 11.6 Å². The van der Waals surface area contributed by atoms with E-state index < -0.39 is 0 Å². The second kappa shape index (κ2) is 8.32. The standard InChI is InChI=1S/C31H47NO4/c1-18-9-14-31(32(17-18)20(3)33)19(2)28-27(36-31)16-26-24-8-7-22-15-23(35-21(4)34)10-12-29(22,5)25(24)11-13-30(26,28)6/h7,18-19,23-28H,8-17H2,1-6H3/t18-,19-,23+,24-,25+,26+,27-,28+,29-,30-,31+/m0/s1. The molecule has 4 aliphatic carbocycles. The Bertz CT molecular complexity index is 976. The van der Waals surface area contributed by atoms with Crippen molar-refractivity contribution in [2.24, 2.45) is 46.3 Å². The van der Waals surface area contributed by atoms with Crippen LogP contribution in [0.3, 0.4) is 0 Å². The van der Waals surface area contributed by atoms with Gasteiger partial charge < -0.3 is 14.4 Å². The highest BCUT2D eigenvalue weighted by molar-refractivity contribution is 5.74. The van der Waals surface area contributed by atoms with Gasteiger partial charge in [0.2, 0.25) is 5.91 Å². The second-order valence-electron chi connectivity index (χ2n) is 14.1. The van der Waals surface area contributed by atoms with Gasteiger partial charge in [-0.2, -0.15) is 0 Å². The largest absolute Gasteiger partial charge is 0.462 e. The number of nitrogens with zero attached hydrogens (tertiary/aromatic N) is 1. The number of esters is 1. The van der Waals surface area contributed by atoms with Crippen molar-refractivity contribution in [2.45, 2.75) is 117 Å². The third kappa shape index (κ3) is 3.36. The highest BCUT2D eigenvalue weighted by atomic mass is 16.5. The Hall–Kier alpha value is -1.36. The molecule has 0 aromatic rings. The third-order valence-electron chi connectivity index (χ3n) is 12.4. The van der Waals surface area contributed by atoms with E-state index in [0.717, 1.165) is 56.9 Å². The Labute approximate surface area is 217 Å². The molecule has 1 spiro atoms. The zero-order chi connectivity index (χ0) is 25.6. The van der Waals surface area contributed by atoms with Gasteiger partial charge in [-0.3, -0.25) is 9.59 Å². The monoisotopic (exact) mass is 497 g/mol. The van der Waals surface area contributed by atoms with Crippen molar-refractivity contribution in [2.75, 3.05) is 6.54 Å². The second-order valence-corrected chi connectivity index (χ2v) is 14.1. The van der Waals surface area contributed by atoms with Crippen molar-refractivity contribution < 1.29 is 19.1 Å². The minimum absolute atomic E-state index is 0.0611. The normalized spacial score (nSPS) is 51.6. The fourth-order valence-electron chi connectivity index (χ4n) is 10.8. The fraction of sp³-hybridized carbons (Fsp3) is 0.871. The van der Waals surface area contributed by atoms with E-state index in [2.05, 4.69) is 38.7 Å². The number of carbonyl (C=O) groups is 2. The molecular formula is C31H47NO4. The van der Waals surface area contributed by atoms with Gasteiger partial charge in [0.05, 0.1) is 6.10 Å². The highest BCUT2D eigenvalue weighted by Crippen LogP contribution is 2.70. The zero-order valence-electron chi connectivity index (χ0n) is 23.3. The molecule has 5 fully saturated rings. The molecule has 0 N–H and O–H groups in total. The highest BCUT2D eigenvalue weighted by Gasteiger charge is 2.69. The van der Waals surface area contributed by atoms with Crippen LogP contribution in [0.5, 0.6) is 0 Å². The number of fused-ring (bicyclic) bond motifs is 7. The van der Waals surface area contributed by atoms with Gasteiger partial charge in [0.25, 0.3) is 0 Å². The summed E-state index contributed by atoms with van der Waals surface area (Å²) >= 11 is 0. The first-order chi connectivity index (χ1) is 17.0. The van der Waals surface area contributed by atoms with Gasteiger partial charge in [-0.25, -0.2) is 0 Å². The molecular weight excluding hydrogens is 450 g/mol. The maximum absolute atomic E-state index is 12.8. The van der Waals surface area contributed by atoms with Gasteiger partial charge in [0.15, 0.2) is 0 Å². The van der Waals surface area contributed by atoms with E-state index >= 15 is 0 Å². The number of rotatable bonds is 1. The lowest BCUT2D eigenvalue weighted by Crippen LogP contribution is -2.60. The number of ether oxygens (including phenoxy) is 2. The first-order valence-corrected chi connectivity index (χ1v) is 14.8. The van der Waals surface area contributed by atoms with E-state index in [1.807, 2.05) is 0 Å². The molecule has 0 radical (unpaired) electrons. The summed E-state index contributed by atoms with van der Waals surface area (Å²) < 4.78 is 12.7. The molecule has 11 atom stereocenters. The number of carbonyl (C=O) groups excluding carboxylic acids is 2. The summed E-state index contributed by atoms with van der Waals surface area (Å²) in [5, 5.41) is 0. The number of likely N-dealkylation sites (tertiary alicyclic amines) is 1. The number of allylic oxidation sites excluding steroid dienone is 1. The van der Waals surface area contributed by atoms with Crippen LogP contribution in [0.2, 0.25) is 0 Å². The molecule has 2 saturated heterocycles. The first-order valence-electron chi connectivity index (χ1n) is 14.8. The Kier molecular flexibility index (Phi) is 5.76. The lowest BCUT2D eigenvalue weighted by atomic mass is 9.46. The first kappa shape index (κ1) is 24.9.